The van der Waals surface area contributed by atoms with Crippen LogP contribution in [-0.2, 0) is 20.8 Å². The number of likely N-dealkylation sites (N-methyl/N-ethyl adjacent to an activating group) is 1. The molecule has 0 radical (unpaired) electrons. The van der Waals surface area contributed by atoms with Gasteiger partial charge < -0.3 is 20.4 Å². The average molecular weight is 525 g/mol. The van der Waals surface area contributed by atoms with Crippen molar-refractivity contribution in [3.05, 3.63) is 120 Å². The van der Waals surface area contributed by atoms with Crippen molar-refractivity contribution in [3.63, 3.8) is 0 Å². The number of rotatable bonds is 11. The van der Waals surface area contributed by atoms with Gasteiger partial charge in [0.2, 0.25) is 17.7 Å². The molecular weight excluding hydrogens is 488 g/mol. The minimum absolute atomic E-state index is 0.0700. The molecule has 0 bridgehead atoms. The first kappa shape index (κ1) is 27.8. The highest BCUT2D eigenvalue weighted by molar-refractivity contribution is 5.93. The molecule has 2 atom stereocenters. The maximum absolute atomic E-state index is 13.5. The van der Waals surface area contributed by atoms with Gasteiger partial charge in [-0.1, -0.05) is 91.0 Å². The smallest absolute Gasteiger partial charge is 0.249 e. The molecule has 0 saturated carbocycles. The van der Waals surface area contributed by atoms with Gasteiger partial charge in [-0.05, 0) is 37.1 Å². The van der Waals surface area contributed by atoms with Crippen LogP contribution in [0.1, 0.15) is 36.0 Å². The van der Waals surface area contributed by atoms with Crippen molar-refractivity contribution in [2.75, 3.05) is 20.1 Å². The fourth-order valence-corrected chi connectivity index (χ4v) is 4.73. The van der Waals surface area contributed by atoms with E-state index in [1.807, 2.05) is 66.7 Å². The van der Waals surface area contributed by atoms with Gasteiger partial charge in [0.05, 0.1) is 6.04 Å². The summed E-state index contributed by atoms with van der Waals surface area (Å²) < 4.78 is 0. The summed E-state index contributed by atoms with van der Waals surface area (Å²) in [6.45, 7) is 2.19. The summed E-state index contributed by atoms with van der Waals surface area (Å²) in [5.41, 5.74) is 3.32. The summed E-state index contributed by atoms with van der Waals surface area (Å²) in [5, 5.41) is 5.76. The molecule has 3 aromatic carbocycles. The Balaban J connectivity index is 1.45. The van der Waals surface area contributed by atoms with E-state index in [1.165, 1.54) is 16.0 Å². The highest BCUT2D eigenvalue weighted by Crippen LogP contribution is 2.28. The lowest BCUT2D eigenvalue weighted by Gasteiger charge is -2.32. The van der Waals surface area contributed by atoms with Crippen LogP contribution < -0.4 is 10.6 Å². The molecule has 0 aromatic heterocycles. The lowest BCUT2D eigenvalue weighted by molar-refractivity contribution is -0.140. The summed E-state index contributed by atoms with van der Waals surface area (Å²) in [6.07, 6.45) is 4.40. The first-order valence-electron chi connectivity index (χ1n) is 13.4. The number of carbonyl (C=O) groups excluding carboxylic acids is 3. The molecule has 7 heteroatoms. The van der Waals surface area contributed by atoms with E-state index in [0.29, 0.717) is 13.0 Å². The molecule has 1 aliphatic rings. The second kappa shape index (κ2) is 13.5. The zero-order valence-electron chi connectivity index (χ0n) is 22.5. The molecule has 0 aliphatic carbocycles. The van der Waals surface area contributed by atoms with Gasteiger partial charge in [0, 0.05) is 31.3 Å². The second-order valence-corrected chi connectivity index (χ2v) is 9.78. The van der Waals surface area contributed by atoms with Gasteiger partial charge in [-0.2, -0.15) is 0 Å². The molecule has 0 saturated heterocycles. The maximum Gasteiger partial charge on any atom is 0.249 e. The summed E-state index contributed by atoms with van der Waals surface area (Å²) in [4.78, 5) is 42.3. The number of benzene rings is 3. The standard InChI is InChI=1S/C32H36N4O3/c1-24(33-2)31(38)34-29(22-25-12-6-3-7-13-25)32(39)36-21-20-35(30(37)23-36)19-18-28(26-14-8-4-9-15-26)27-16-10-5-11-17-27/h3-17,20-21,24,28-29,33H,18-19,22-23H2,1-2H3,(H,34,38)/t24-,29-/m0/s1. The van der Waals surface area contributed by atoms with E-state index in [2.05, 4.69) is 34.9 Å². The zero-order valence-corrected chi connectivity index (χ0v) is 22.5. The van der Waals surface area contributed by atoms with Gasteiger partial charge in [0.1, 0.15) is 12.6 Å². The molecule has 1 aliphatic heterocycles. The maximum atomic E-state index is 13.5. The van der Waals surface area contributed by atoms with Gasteiger partial charge in [0.15, 0.2) is 0 Å². The van der Waals surface area contributed by atoms with E-state index in [9.17, 15) is 14.4 Å². The van der Waals surface area contributed by atoms with E-state index in [1.54, 1.807) is 31.3 Å². The molecule has 2 N–H and O–H groups in total. The first-order chi connectivity index (χ1) is 19.0. The van der Waals surface area contributed by atoms with Crippen LogP contribution >= 0.6 is 0 Å². The highest BCUT2D eigenvalue weighted by atomic mass is 16.2. The fourth-order valence-electron chi connectivity index (χ4n) is 4.73. The zero-order chi connectivity index (χ0) is 27.6. The molecule has 39 heavy (non-hydrogen) atoms. The molecule has 0 fully saturated rings. The molecule has 0 unspecified atom stereocenters. The number of hydrogen-bond acceptors (Lipinski definition) is 4. The van der Waals surface area contributed by atoms with Gasteiger partial charge >= 0.3 is 0 Å². The Morgan fingerprint density at radius 2 is 1.41 bits per heavy atom. The van der Waals surface area contributed by atoms with E-state index < -0.39 is 12.1 Å². The highest BCUT2D eigenvalue weighted by Gasteiger charge is 2.31. The van der Waals surface area contributed by atoms with Crippen molar-refractivity contribution >= 4 is 17.7 Å². The SMILES string of the molecule is CN[C@@H](C)C(=O)N[C@@H](Cc1ccccc1)C(=O)N1C=CN(CCC(c2ccccc2)c2ccccc2)C(=O)C1. The molecule has 1 heterocycles. The molecular formula is C32H36N4O3. The van der Waals surface area contributed by atoms with E-state index in [-0.39, 0.29) is 30.2 Å². The number of carbonyl (C=O) groups is 3. The Labute approximate surface area is 230 Å². The van der Waals surface area contributed by atoms with Gasteiger partial charge in [0.25, 0.3) is 0 Å². The van der Waals surface area contributed by atoms with Crippen LogP contribution in [0, 0.1) is 0 Å². The summed E-state index contributed by atoms with van der Waals surface area (Å²) in [7, 11) is 1.69. The Morgan fingerprint density at radius 3 is 1.95 bits per heavy atom. The van der Waals surface area contributed by atoms with Crippen molar-refractivity contribution in [2.24, 2.45) is 0 Å². The van der Waals surface area contributed by atoms with Gasteiger partial charge in [-0.15, -0.1) is 0 Å². The van der Waals surface area contributed by atoms with Crippen LogP contribution in [0.3, 0.4) is 0 Å². The normalized spacial score (nSPS) is 14.8. The first-order valence-corrected chi connectivity index (χ1v) is 13.4. The minimum atomic E-state index is -0.791. The van der Waals surface area contributed by atoms with E-state index in [4.69, 9.17) is 0 Å². The third kappa shape index (κ3) is 7.42. The van der Waals surface area contributed by atoms with Crippen LogP contribution in [0.2, 0.25) is 0 Å². The third-order valence-electron chi connectivity index (χ3n) is 7.12. The lowest BCUT2D eigenvalue weighted by atomic mass is 9.88. The molecule has 3 aromatic rings. The Morgan fingerprint density at radius 1 is 0.846 bits per heavy atom. The number of amides is 3. The van der Waals surface area contributed by atoms with E-state index in [0.717, 1.165) is 12.0 Å². The number of hydrogen-bond donors (Lipinski definition) is 2. The van der Waals surface area contributed by atoms with Crippen molar-refractivity contribution < 1.29 is 14.4 Å². The third-order valence-corrected chi connectivity index (χ3v) is 7.12. The van der Waals surface area contributed by atoms with Crippen LogP contribution in [0.25, 0.3) is 0 Å². The van der Waals surface area contributed by atoms with Crippen molar-refractivity contribution in [1.82, 2.24) is 20.4 Å². The van der Waals surface area contributed by atoms with Crippen LogP contribution in [0.4, 0.5) is 0 Å². The Bertz CT molecular complexity index is 1220. The summed E-state index contributed by atoms with van der Waals surface area (Å²) >= 11 is 0. The molecule has 0 spiro atoms. The monoisotopic (exact) mass is 524 g/mol. The second-order valence-electron chi connectivity index (χ2n) is 9.78. The largest absolute Gasteiger partial charge is 0.343 e. The van der Waals surface area contributed by atoms with Gasteiger partial charge in [-0.3, -0.25) is 14.4 Å². The van der Waals surface area contributed by atoms with Gasteiger partial charge in [-0.25, -0.2) is 0 Å². The molecule has 202 valence electrons. The Hall–Kier alpha value is -4.23. The van der Waals surface area contributed by atoms with Crippen LogP contribution in [0.15, 0.2) is 103 Å². The summed E-state index contributed by atoms with van der Waals surface area (Å²) in [6, 6.07) is 28.9. The van der Waals surface area contributed by atoms with Crippen LogP contribution in [-0.4, -0.2) is 59.7 Å². The number of nitrogens with one attached hydrogen (secondary N) is 2. The fraction of sp³-hybridized carbons (Fsp3) is 0.281. The predicted octanol–water partition coefficient (Wildman–Crippen LogP) is 3.69. The molecule has 7 nitrogen and oxygen atoms in total. The van der Waals surface area contributed by atoms with E-state index >= 15 is 0 Å². The predicted molar refractivity (Wildman–Crippen MR) is 153 cm³/mol. The molecule has 4 rings (SSSR count). The minimum Gasteiger partial charge on any atom is -0.343 e. The van der Waals surface area contributed by atoms with Crippen molar-refractivity contribution in [2.45, 2.75) is 37.8 Å². The lowest BCUT2D eigenvalue weighted by Crippen LogP contribution is -2.54. The quantitative estimate of drug-likeness (QED) is 0.401. The van der Waals surface area contributed by atoms with Crippen LogP contribution in [0.5, 0.6) is 0 Å². The molecule has 3 amide bonds. The Kier molecular flexibility index (Phi) is 9.64. The number of nitrogens with zero attached hydrogens (tertiary/aromatic N) is 2. The van der Waals surface area contributed by atoms with Crippen molar-refractivity contribution in [1.29, 1.82) is 0 Å². The van der Waals surface area contributed by atoms with Crippen molar-refractivity contribution in [3.8, 4) is 0 Å². The summed E-state index contributed by atoms with van der Waals surface area (Å²) in [5.74, 6) is -0.591. The average Bonchev–Trinajstić information content (AvgIpc) is 2.98. The topological polar surface area (TPSA) is 81.8 Å².